The van der Waals surface area contributed by atoms with Crippen molar-refractivity contribution in [2.45, 2.75) is 13.5 Å². The number of aromatic nitrogens is 1. The van der Waals surface area contributed by atoms with Gasteiger partial charge in [0.2, 0.25) is 0 Å². The SMILES string of the molecule is CCOc1cccn(CCN2C(=O)c3ccccc3C2=O)c1=O. The van der Waals surface area contributed by atoms with Crippen LogP contribution in [0.5, 0.6) is 5.75 Å². The van der Waals surface area contributed by atoms with Gasteiger partial charge in [0, 0.05) is 19.3 Å². The van der Waals surface area contributed by atoms with Gasteiger partial charge in [-0.3, -0.25) is 19.3 Å². The molecule has 1 aliphatic rings. The average molecular weight is 312 g/mol. The Morgan fingerprint density at radius 1 is 0.913 bits per heavy atom. The molecule has 0 radical (unpaired) electrons. The monoisotopic (exact) mass is 312 g/mol. The van der Waals surface area contributed by atoms with E-state index in [1.54, 1.807) is 49.5 Å². The summed E-state index contributed by atoms with van der Waals surface area (Å²) in [6.45, 7) is 2.57. The van der Waals surface area contributed by atoms with Crippen LogP contribution in [0.25, 0.3) is 0 Å². The zero-order valence-electron chi connectivity index (χ0n) is 12.7. The van der Waals surface area contributed by atoms with Gasteiger partial charge in [-0.05, 0) is 31.2 Å². The highest BCUT2D eigenvalue weighted by Crippen LogP contribution is 2.22. The molecule has 0 N–H and O–H groups in total. The maximum atomic E-state index is 12.3. The number of rotatable bonds is 5. The van der Waals surface area contributed by atoms with Gasteiger partial charge in [0.05, 0.1) is 17.7 Å². The van der Waals surface area contributed by atoms with E-state index in [0.717, 1.165) is 0 Å². The molecular weight excluding hydrogens is 296 g/mol. The van der Waals surface area contributed by atoms with Gasteiger partial charge in [-0.15, -0.1) is 0 Å². The number of carbonyl (C=O) groups excluding carboxylic acids is 2. The van der Waals surface area contributed by atoms with E-state index in [9.17, 15) is 14.4 Å². The number of amides is 2. The number of hydrogen-bond acceptors (Lipinski definition) is 4. The lowest BCUT2D eigenvalue weighted by Crippen LogP contribution is -2.35. The summed E-state index contributed by atoms with van der Waals surface area (Å²) >= 11 is 0. The third kappa shape index (κ3) is 2.63. The molecule has 2 aromatic rings. The van der Waals surface area contributed by atoms with Crippen LogP contribution < -0.4 is 10.3 Å². The molecule has 3 rings (SSSR count). The smallest absolute Gasteiger partial charge is 0.292 e. The Morgan fingerprint density at radius 2 is 1.57 bits per heavy atom. The van der Waals surface area contributed by atoms with E-state index in [2.05, 4.69) is 0 Å². The van der Waals surface area contributed by atoms with Crippen molar-refractivity contribution < 1.29 is 14.3 Å². The van der Waals surface area contributed by atoms with Crippen molar-refractivity contribution in [2.75, 3.05) is 13.2 Å². The molecule has 0 fully saturated rings. The van der Waals surface area contributed by atoms with Gasteiger partial charge in [-0.2, -0.15) is 0 Å². The molecule has 1 aromatic heterocycles. The Bertz CT molecular complexity index is 790. The summed E-state index contributed by atoms with van der Waals surface area (Å²) < 4.78 is 6.70. The Hall–Kier alpha value is -2.89. The van der Waals surface area contributed by atoms with E-state index in [-0.39, 0.29) is 36.2 Å². The van der Waals surface area contributed by atoms with Crippen molar-refractivity contribution in [2.24, 2.45) is 0 Å². The Morgan fingerprint density at radius 3 is 2.17 bits per heavy atom. The van der Waals surface area contributed by atoms with Gasteiger partial charge in [-0.1, -0.05) is 12.1 Å². The summed E-state index contributed by atoms with van der Waals surface area (Å²) in [5.41, 5.74) is 0.548. The molecule has 0 aliphatic carbocycles. The molecule has 0 unspecified atom stereocenters. The van der Waals surface area contributed by atoms with Crippen LogP contribution in [0, 0.1) is 0 Å². The van der Waals surface area contributed by atoms with Crippen LogP contribution in [0.4, 0.5) is 0 Å². The van der Waals surface area contributed by atoms with E-state index in [4.69, 9.17) is 4.74 Å². The number of carbonyl (C=O) groups is 2. The fourth-order valence-electron chi connectivity index (χ4n) is 2.61. The second-order valence-corrected chi connectivity index (χ2v) is 5.11. The van der Waals surface area contributed by atoms with Gasteiger partial charge in [0.15, 0.2) is 5.75 Å². The molecule has 0 spiro atoms. The number of pyridine rings is 1. The van der Waals surface area contributed by atoms with E-state index in [0.29, 0.717) is 17.7 Å². The maximum Gasteiger partial charge on any atom is 0.292 e. The number of ether oxygens (including phenoxy) is 1. The largest absolute Gasteiger partial charge is 0.488 e. The maximum absolute atomic E-state index is 12.3. The molecular formula is C17H16N2O4. The van der Waals surface area contributed by atoms with Crippen LogP contribution in [0.15, 0.2) is 47.4 Å². The topological polar surface area (TPSA) is 68.6 Å². The molecule has 2 heterocycles. The minimum atomic E-state index is -0.320. The molecule has 6 nitrogen and oxygen atoms in total. The molecule has 6 heteroatoms. The average Bonchev–Trinajstić information content (AvgIpc) is 2.81. The minimum absolute atomic E-state index is 0.141. The third-order valence-electron chi connectivity index (χ3n) is 3.73. The summed E-state index contributed by atoms with van der Waals surface area (Å²) in [4.78, 5) is 37.9. The minimum Gasteiger partial charge on any atom is -0.488 e. The molecule has 0 saturated carbocycles. The fraction of sp³-hybridized carbons (Fsp3) is 0.235. The Labute approximate surface area is 132 Å². The number of imide groups is 1. The van der Waals surface area contributed by atoms with E-state index < -0.39 is 0 Å². The molecule has 0 saturated heterocycles. The highest BCUT2D eigenvalue weighted by atomic mass is 16.5. The van der Waals surface area contributed by atoms with Crippen molar-refractivity contribution in [3.05, 3.63) is 64.1 Å². The van der Waals surface area contributed by atoms with Crippen molar-refractivity contribution in [1.82, 2.24) is 9.47 Å². The lowest BCUT2D eigenvalue weighted by Gasteiger charge is -2.15. The van der Waals surface area contributed by atoms with Crippen LogP contribution in [0.2, 0.25) is 0 Å². The predicted octanol–water partition coefficient (Wildman–Crippen LogP) is 1.54. The fourth-order valence-corrected chi connectivity index (χ4v) is 2.61. The van der Waals surface area contributed by atoms with Crippen LogP contribution in [0.1, 0.15) is 27.6 Å². The highest BCUT2D eigenvalue weighted by Gasteiger charge is 2.34. The molecule has 0 atom stereocenters. The third-order valence-corrected chi connectivity index (χ3v) is 3.73. The van der Waals surface area contributed by atoms with Gasteiger partial charge in [0.25, 0.3) is 17.4 Å². The van der Waals surface area contributed by atoms with Crippen molar-refractivity contribution >= 4 is 11.8 Å². The first-order valence-electron chi connectivity index (χ1n) is 7.41. The van der Waals surface area contributed by atoms with Gasteiger partial charge in [0.1, 0.15) is 0 Å². The van der Waals surface area contributed by atoms with Crippen LogP contribution in [-0.2, 0) is 6.54 Å². The second-order valence-electron chi connectivity index (χ2n) is 5.11. The van der Waals surface area contributed by atoms with Crippen LogP contribution in [-0.4, -0.2) is 34.4 Å². The number of fused-ring (bicyclic) bond motifs is 1. The Balaban J connectivity index is 1.78. The van der Waals surface area contributed by atoms with E-state index in [1.165, 1.54) is 9.47 Å². The summed E-state index contributed by atoms with van der Waals surface area (Å²) in [7, 11) is 0. The first-order chi connectivity index (χ1) is 11.1. The first-order valence-corrected chi connectivity index (χ1v) is 7.41. The molecule has 2 amide bonds. The molecule has 118 valence electrons. The summed E-state index contributed by atoms with van der Waals surface area (Å²) in [6, 6.07) is 10.0. The van der Waals surface area contributed by atoms with E-state index in [1.807, 2.05) is 0 Å². The zero-order chi connectivity index (χ0) is 16.4. The van der Waals surface area contributed by atoms with Crippen LogP contribution >= 0.6 is 0 Å². The lowest BCUT2D eigenvalue weighted by atomic mass is 10.1. The van der Waals surface area contributed by atoms with Crippen molar-refractivity contribution in [1.29, 1.82) is 0 Å². The normalized spacial score (nSPS) is 13.3. The van der Waals surface area contributed by atoms with Crippen LogP contribution in [0.3, 0.4) is 0 Å². The molecule has 0 bridgehead atoms. The summed E-state index contributed by atoms with van der Waals surface area (Å²) in [6.07, 6.45) is 1.61. The number of benzene rings is 1. The highest BCUT2D eigenvalue weighted by molar-refractivity contribution is 6.21. The number of hydrogen-bond donors (Lipinski definition) is 0. The zero-order valence-corrected chi connectivity index (χ0v) is 12.7. The van der Waals surface area contributed by atoms with Gasteiger partial charge in [-0.25, -0.2) is 0 Å². The van der Waals surface area contributed by atoms with Gasteiger partial charge >= 0.3 is 0 Å². The van der Waals surface area contributed by atoms with E-state index >= 15 is 0 Å². The van der Waals surface area contributed by atoms with Crippen molar-refractivity contribution in [3.63, 3.8) is 0 Å². The predicted molar refractivity (Wildman–Crippen MR) is 83.7 cm³/mol. The summed E-state index contributed by atoms with van der Waals surface area (Å²) in [5, 5.41) is 0. The molecule has 1 aliphatic heterocycles. The second kappa shape index (κ2) is 6.08. The first kappa shape index (κ1) is 15.0. The molecule has 23 heavy (non-hydrogen) atoms. The quantitative estimate of drug-likeness (QED) is 0.785. The molecule has 1 aromatic carbocycles. The lowest BCUT2D eigenvalue weighted by molar-refractivity contribution is 0.0648. The Kier molecular flexibility index (Phi) is 3.97. The summed E-state index contributed by atoms with van der Waals surface area (Å²) in [5.74, 6) is -0.378. The van der Waals surface area contributed by atoms with Gasteiger partial charge < -0.3 is 9.30 Å². The van der Waals surface area contributed by atoms with Crippen molar-refractivity contribution in [3.8, 4) is 5.75 Å². The number of nitrogens with zero attached hydrogens (tertiary/aromatic N) is 2. The standard InChI is InChI=1S/C17H16N2O4/c1-2-23-14-8-5-9-18(17(14)22)10-11-19-15(20)12-6-3-4-7-13(12)16(19)21/h3-9H,2,10-11H2,1H3.